The molecule has 2 aromatic heterocycles. The number of aromatic nitrogens is 3. The van der Waals surface area contributed by atoms with Crippen LogP contribution in [0.3, 0.4) is 0 Å². The quantitative estimate of drug-likeness (QED) is 0.392. The molecule has 0 bridgehead atoms. The van der Waals surface area contributed by atoms with Gasteiger partial charge in [0.05, 0.1) is 5.69 Å². The average molecular weight is 422 g/mol. The van der Waals surface area contributed by atoms with E-state index in [1.807, 2.05) is 12.3 Å². The predicted octanol–water partition coefficient (Wildman–Crippen LogP) is -1.23. The van der Waals surface area contributed by atoms with Gasteiger partial charge in [0.1, 0.15) is 48.9 Å². The number of esters is 1. The van der Waals surface area contributed by atoms with Crippen LogP contribution in [0.25, 0.3) is 5.52 Å². The summed E-state index contributed by atoms with van der Waals surface area (Å²) in [5, 5.41) is 34.9. The molecule has 0 amide bonds. The number of aliphatic hydroxyl groups excluding tert-OH is 2. The molecule has 6 N–H and O–H groups in total. The smallest absolute Gasteiger partial charge is 0.323 e. The van der Waals surface area contributed by atoms with Gasteiger partial charge in [0.2, 0.25) is 5.60 Å². The standard InChI is InChI=1S/C17H22N6O5S/c1-29-5-4-9(19)16(26)27-6-11-13(24)14(25)17(7-18,28-11)12-3-2-10-15(20)21-8-22-23(10)12/h2-3,8-9,11,13-14,24-25H,4-6,19H2,1H3,(H2,20,21,22)/t9-,11-,13-,14-,17+/m1/s1. The first kappa shape index (κ1) is 21.3. The van der Waals surface area contributed by atoms with E-state index in [2.05, 4.69) is 10.1 Å². The molecule has 3 heterocycles. The third-order valence-electron chi connectivity index (χ3n) is 4.81. The Morgan fingerprint density at radius 3 is 3.00 bits per heavy atom. The van der Waals surface area contributed by atoms with E-state index in [0.717, 1.165) is 0 Å². The lowest BCUT2D eigenvalue weighted by molar-refractivity contribution is -0.152. The van der Waals surface area contributed by atoms with Crippen LogP contribution < -0.4 is 11.5 Å². The van der Waals surface area contributed by atoms with E-state index in [1.54, 1.807) is 17.8 Å². The van der Waals surface area contributed by atoms with Crippen molar-refractivity contribution in [2.24, 2.45) is 5.73 Å². The lowest BCUT2D eigenvalue weighted by Crippen LogP contribution is -2.41. The zero-order valence-electron chi connectivity index (χ0n) is 15.6. The molecule has 5 atom stereocenters. The third-order valence-corrected chi connectivity index (χ3v) is 5.46. The molecule has 29 heavy (non-hydrogen) atoms. The van der Waals surface area contributed by atoms with E-state index in [1.165, 1.54) is 16.9 Å². The van der Waals surface area contributed by atoms with Gasteiger partial charge in [0, 0.05) is 0 Å². The van der Waals surface area contributed by atoms with Gasteiger partial charge in [-0.1, -0.05) is 0 Å². The summed E-state index contributed by atoms with van der Waals surface area (Å²) >= 11 is 1.55. The van der Waals surface area contributed by atoms with Crippen molar-refractivity contribution in [2.45, 2.75) is 36.4 Å². The van der Waals surface area contributed by atoms with Gasteiger partial charge in [-0.3, -0.25) is 4.79 Å². The number of hydrogen-bond acceptors (Lipinski definition) is 11. The SMILES string of the molecule is CSCC[C@@H](N)C(=O)OC[C@H]1O[C@@](C#N)(c2ccc3c(N)ncnn23)[C@H](O)[C@@H]1O. The van der Waals surface area contributed by atoms with Crippen LogP contribution in [0.4, 0.5) is 5.82 Å². The lowest BCUT2D eigenvalue weighted by Gasteiger charge is -2.24. The number of ether oxygens (including phenoxy) is 2. The monoisotopic (exact) mass is 422 g/mol. The van der Waals surface area contributed by atoms with E-state index in [-0.39, 0.29) is 18.1 Å². The summed E-state index contributed by atoms with van der Waals surface area (Å²) in [5.74, 6) is 0.228. The molecule has 11 nitrogen and oxygen atoms in total. The van der Waals surface area contributed by atoms with Crippen LogP contribution in [0.15, 0.2) is 18.5 Å². The summed E-state index contributed by atoms with van der Waals surface area (Å²) in [6.07, 6.45) is -0.690. The number of nitrogen functional groups attached to an aromatic ring is 1. The van der Waals surface area contributed by atoms with E-state index in [0.29, 0.717) is 17.7 Å². The van der Waals surface area contributed by atoms with Crippen molar-refractivity contribution < 1.29 is 24.5 Å². The topological polar surface area (TPSA) is 182 Å². The zero-order chi connectivity index (χ0) is 21.2. The molecule has 1 aliphatic rings. The number of nitrogens with zero attached hydrogens (tertiary/aromatic N) is 4. The Balaban J connectivity index is 1.80. The highest BCUT2D eigenvalue weighted by molar-refractivity contribution is 7.98. The molecule has 0 radical (unpaired) electrons. The fourth-order valence-electron chi connectivity index (χ4n) is 3.18. The van der Waals surface area contributed by atoms with Crippen LogP contribution in [0.2, 0.25) is 0 Å². The number of nitrogens with two attached hydrogens (primary N) is 2. The number of nitriles is 1. The number of anilines is 1. The number of aliphatic hydroxyl groups is 2. The zero-order valence-corrected chi connectivity index (χ0v) is 16.5. The molecule has 1 saturated heterocycles. The number of carbonyl (C=O) groups excluding carboxylic acids is 1. The Hall–Kier alpha value is -2.43. The Bertz CT molecular complexity index is 933. The van der Waals surface area contributed by atoms with Gasteiger partial charge in [-0.25, -0.2) is 9.50 Å². The molecule has 1 fully saturated rings. The number of rotatable bonds is 7. The first-order valence-corrected chi connectivity index (χ1v) is 10.2. The number of hydrogen-bond donors (Lipinski definition) is 4. The van der Waals surface area contributed by atoms with Gasteiger partial charge in [-0.2, -0.15) is 22.1 Å². The summed E-state index contributed by atoms with van der Waals surface area (Å²) in [4.78, 5) is 15.9. The van der Waals surface area contributed by atoms with E-state index in [4.69, 9.17) is 20.9 Å². The molecular formula is C17H22N6O5S. The van der Waals surface area contributed by atoms with Gasteiger partial charge in [0.25, 0.3) is 0 Å². The van der Waals surface area contributed by atoms with Gasteiger partial charge in [0.15, 0.2) is 5.82 Å². The molecule has 12 heteroatoms. The van der Waals surface area contributed by atoms with Gasteiger partial charge in [-0.15, -0.1) is 0 Å². The average Bonchev–Trinajstić information content (AvgIpc) is 3.26. The maximum Gasteiger partial charge on any atom is 0.323 e. The summed E-state index contributed by atoms with van der Waals surface area (Å²) < 4.78 is 12.2. The van der Waals surface area contributed by atoms with Crippen molar-refractivity contribution in [3.8, 4) is 6.07 Å². The minimum atomic E-state index is -1.94. The van der Waals surface area contributed by atoms with Crippen molar-refractivity contribution in [1.82, 2.24) is 14.6 Å². The van der Waals surface area contributed by atoms with E-state index in [9.17, 15) is 20.3 Å². The van der Waals surface area contributed by atoms with Crippen LogP contribution in [-0.4, -0.2) is 73.7 Å². The van der Waals surface area contributed by atoms with E-state index >= 15 is 0 Å². The summed E-state index contributed by atoms with van der Waals surface area (Å²) in [6.45, 7) is -0.367. The van der Waals surface area contributed by atoms with Crippen molar-refractivity contribution in [1.29, 1.82) is 5.26 Å². The van der Waals surface area contributed by atoms with Crippen molar-refractivity contribution in [3.63, 3.8) is 0 Å². The molecule has 1 aliphatic heterocycles. The maximum absolute atomic E-state index is 12.0. The van der Waals surface area contributed by atoms with Crippen molar-refractivity contribution in [3.05, 3.63) is 24.2 Å². The second kappa shape index (κ2) is 8.52. The van der Waals surface area contributed by atoms with Crippen LogP contribution in [0.5, 0.6) is 0 Å². The molecule has 0 spiro atoms. The Labute approximate surface area is 170 Å². The highest BCUT2D eigenvalue weighted by Gasteiger charge is 2.57. The fourth-order valence-corrected chi connectivity index (χ4v) is 3.67. The number of carbonyl (C=O) groups is 1. The molecule has 156 valence electrons. The minimum absolute atomic E-state index is 0.168. The largest absolute Gasteiger partial charge is 0.462 e. The number of fused-ring (bicyclic) bond motifs is 1. The molecule has 0 aliphatic carbocycles. The molecule has 2 aromatic rings. The lowest BCUT2D eigenvalue weighted by atomic mass is 9.92. The highest BCUT2D eigenvalue weighted by Crippen LogP contribution is 2.40. The Kier molecular flexibility index (Phi) is 6.25. The van der Waals surface area contributed by atoms with Gasteiger partial charge >= 0.3 is 5.97 Å². The molecule has 0 saturated carbocycles. The second-order valence-electron chi connectivity index (χ2n) is 6.62. The van der Waals surface area contributed by atoms with Crippen LogP contribution >= 0.6 is 11.8 Å². The summed E-state index contributed by atoms with van der Waals surface area (Å²) in [7, 11) is 0. The molecular weight excluding hydrogens is 400 g/mol. The van der Waals surface area contributed by atoms with Crippen LogP contribution in [-0.2, 0) is 19.9 Å². The molecule has 3 rings (SSSR count). The molecule has 0 unspecified atom stereocenters. The second-order valence-corrected chi connectivity index (χ2v) is 7.60. The van der Waals surface area contributed by atoms with Gasteiger partial charge < -0.3 is 31.2 Å². The minimum Gasteiger partial charge on any atom is -0.462 e. The molecule has 0 aromatic carbocycles. The summed E-state index contributed by atoms with van der Waals surface area (Å²) in [6, 6.07) is 4.19. The van der Waals surface area contributed by atoms with Crippen molar-refractivity contribution in [2.75, 3.05) is 24.3 Å². The Morgan fingerprint density at radius 2 is 2.31 bits per heavy atom. The fraction of sp³-hybridized carbons (Fsp3) is 0.529. The normalized spacial score (nSPS) is 27.6. The predicted molar refractivity (Wildman–Crippen MR) is 104 cm³/mol. The third kappa shape index (κ3) is 3.75. The summed E-state index contributed by atoms with van der Waals surface area (Å²) in [5.41, 5.74) is 10.2. The van der Waals surface area contributed by atoms with E-state index < -0.39 is 35.9 Å². The maximum atomic E-state index is 12.0. The number of thioether (sulfide) groups is 1. The first-order valence-electron chi connectivity index (χ1n) is 8.80. The van der Waals surface area contributed by atoms with Gasteiger partial charge in [-0.05, 0) is 30.6 Å². The van der Waals surface area contributed by atoms with Crippen molar-refractivity contribution >= 4 is 29.1 Å². The first-order chi connectivity index (χ1) is 13.9. The highest BCUT2D eigenvalue weighted by atomic mass is 32.2. The Morgan fingerprint density at radius 1 is 1.55 bits per heavy atom. The van der Waals surface area contributed by atoms with Crippen LogP contribution in [0.1, 0.15) is 12.1 Å². The van der Waals surface area contributed by atoms with Crippen LogP contribution in [0, 0.1) is 11.3 Å².